The maximum absolute atomic E-state index is 10.2. The van der Waals surface area contributed by atoms with Gasteiger partial charge in [-0.1, -0.05) is 74.4 Å². The van der Waals surface area contributed by atoms with Crippen LogP contribution in [0.15, 0.2) is 109 Å². The normalized spacial score (nSPS) is 15.7. The molecule has 0 heterocycles. The van der Waals surface area contributed by atoms with E-state index in [0.717, 1.165) is 124 Å². The second-order valence-electron chi connectivity index (χ2n) is 23.2. The van der Waals surface area contributed by atoms with E-state index in [0.29, 0.717) is 49.2 Å². The third-order valence-electron chi connectivity index (χ3n) is 14.8. The average Bonchev–Trinajstić information content (AvgIpc) is 3.08. The molecule has 1 aliphatic rings. The maximum atomic E-state index is 10.2. The Morgan fingerprint density at radius 1 is 0.440 bits per heavy atom. The summed E-state index contributed by atoms with van der Waals surface area (Å²) in [5.41, 5.74) is 6.02. The zero-order valence-electron chi connectivity index (χ0n) is 56.6. The molecule has 0 saturated heterocycles. The zero-order valence-corrected chi connectivity index (χ0v) is 77.9. The molecule has 0 amide bonds. The fourth-order valence-corrected chi connectivity index (χ4v) is 17.2. The number of likely N-dealkylation sites (N-methyl/N-ethyl adjacent to an activating group) is 4. The Kier molecular flexibility index (Phi) is 56.0. The predicted molar refractivity (Wildman–Crippen MR) is 453 cm³/mol. The van der Waals surface area contributed by atoms with Crippen LogP contribution in [-0.4, -0.2) is 113 Å². The number of phenols is 4. The van der Waals surface area contributed by atoms with Crippen LogP contribution < -0.4 is 0 Å². The van der Waals surface area contributed by atoms with Crippen molar-refractivity contribution in [2.24, 2.45) is 29.6 Å². The molecule has 0 bridgehead atoms. The van der Waals surface area contributed by atoms with Gasteiger partial charge in [0.15, 0.2) is 0 Å². The SMILES string of the molecule is CC1C(C)C(C)C(C)C1C.CC[N-]C(C)[N-]C(C)(C)C.CN(CCN(C)Cc1cc(I)cc(I)c1O)Cc1cc(I)cc(I)c1O.CN(CCN(C)Cc1cc(I)cc(I)c1O)Cc1cc(I)cc(I)c1O.[CH2-]c1ccccc1.[CH2-]c1ccccc1.[CH3-].[CH3-].[CH3-].[Ti+4].[Zr]. The van der Waals surface area contributed by atoms with Gasteiger partial charge >= 0.3 is 21.7 Å². The molecular weight excluding hydrogens is 2160 g/mol. The molecule has 6 aromatic rings. The summed E-state index contributed by atoms with van der Waals surface area (Å²) in [6.45, 7) is 37.0. The second-order valence-corrected chi connectivity index (χ2v) is 32.9. The second kappa shape index (κ2) is 51.6. The molecule has 0 radical (unpaired) electrons. The molecule has 91 heavy (non-hydrogen) atoms. The van der Waals surface area contributed by atoms with Crippen LogP contribution in [0.5, 0.6) is 23.0 Å². The quantitative estimate of drug-likeness (QED) is 0.0405. The van der Waals surface area contributed by atoms with E-state index in [-0.39, 0.29) is 81.9 Å². The van der Waals surface area contributed by atoms with Crippen LogP contribution in [0.25, 0.3) is 10.6 Å². The number of rotatable bonds is 17. The molecule has 4 N–H and O–H groups in total. The molecule has 506 valence electrons. The summed E-state index contributed by atoms with van der Waals surface area (Å²) < 4.78 is 8.08. The van der Waals surface area contributed by atoms with E-state index in [9.17, 15) is 20.4 Å². The van der Waals surface area contributed by atoms with Gasteiger partial charge in [-0.2, -0.15) is 55.8 Å². The van der Waals surface area contributed by atoms with Crippen molar-refractivity contribution < 1.29 is 68.3 Å². The number of phenolic OH excluding ortho intramolecular Hbond substituents is 4. The largest absolute Gasteiger partial charge is 4.00 e. The molecular formula is C71H101I8N6O4TiZr-3. The number of hydrogen-bond acceptors (Lipinski definition) is 8. The van der Waals surface area contributed by atoms with Crippen LogP contribution in [0.4, 0.5) is 0 Å². The van der Waals surface area contributed by atoms with Gasteiger partial charge in [0, 0.05) is 115 Å². The Bertz CT molecular complexity index is 2590. The topological polar surface area (TPSA) is 122 Å². The number of halogens is 8. The molecule has 20 heteroatoms. The van der Waals surface area contributed by atoms with Gasteiger partial charge in [0.1, 0.15) is 23.0 Å². The van der Waals surface area contributed by atoms with Crippen LogP contribution in [0.1, 0.15) is 103 Å². The van der Waals surface area contributed by atoms with Crippen LogP contribution in [0.2, 0.25) is 0 Å². The molecule has 0 aromatic heterocycles. The molecule has 1 atom stereocenters. The molecule has 1 saturated carbocycles. The Labute approximate surface area is 696 Å². The van der Waals surface area contributed by atoms with Gasteiger partial charge < -0.3 is 72.9 Å². The Morgan fingerprint density at radius 3 is 0.813 bits per heavy atom. The minimum Gasteiger partial charge on any atom is -0.678 e. The minimum atomic E-state index is 0. The molecule has 10 nitrogen and oxygen atoms in total. The van der Waals surface area contributed by atoms with Gasteiger partial charge in [-0.3, -0.25) is 0 Å². The maximum Gasteiger partial charge on any atom is 4.00 e. The average molecular weight is 2260 g/mol. The van der Waals surface area contributed by atoms with E-state index in [4.69, 9.17) is 0 Å². The molecule has 1 aliphatic carbocycles. The van der Waals surface area contributed by atoms with Crippen molar-refractivity contribution in [3.8, 4) is 23.0 Å². The molecule has 0 aliphatic heterocycles. The van der Waals surface area contributed by atoms with Crippen molar-refractivity contribution in [2.45, 2.75) is 107 Å². The van der Waals surface area contributed by atoms with Crippen molar-refractivity contribution in [1.82, 2.24) is 19.6 Å². The van der Waals surface area contributed by atoms with Crippen LogP contribution in [0, 0.1) is 94.3 Å². The van der Waals surface area contributed by atoms with E-state index in [2.05, 4.69) is 308 Å². The first-order chi connectivity index (χ1) is 40.1. The molecule has 7 rings (SSSR count). The first-order valence-corrected chi connectivity index (χ1v) is 37.3. The van der Waals surface area contributed by atoms with Gasteiger partial charge in [-0.15, -0.1) is 36.7 Å². The summed E-state index contributed by atoms with van der Waals surface area (Å²) in [6.07, 6.45) is 0.157. The predicted octanol–water partition coefficient (Wildman–Crippen LogP) is 21.3. The number of benzene rings is 6. The summed E-state index contributed by atoms with van der Waals surface area (Å²) in [7, 11) is 8.25. The van der Waals surface area contributed by atoms with Crippen LogP contribution >= 0.6 is 181 Å². The van der Waals surface area contributed by atoms with E-state index >= 15 is 0 Å². The van der Waals surface area contributed by atoms with Gasteiger partial charge in [-0.25, -0.2) is 6.17 Å². The first-order valence-electron chi connectivity index (χ1n) is 28.7. The van der Waals surface area contributed by atoms with Crippen molar-refractivity contribution in [3.05, 3.63) is 218 Å². The summed E-state index contributed by atoms with van der Waals surface area (Å²) in [4.78, 5) is 8.82. The summed E-state index contributed by atoms with van der Waals surface area (Å²) >= 11 is 17.8. The fourth-order valence-electron chi connectivity index (χ4n) is 9.34. The zero-order chi connectivity index (χ0) is 65.2. The fraction of sp³-hybridized carbons (Fsp3) is 0.423. The summed E-state index contributed by atoms with van der Waals surface area (Å²) in [5.74, 6) is 6.19. The molecule has 0 spiro atoms. The van der Waals surface area contributed by atoms with Crippen LogP contribution in [-0.2, 0) is 74.1 Å². The smallest absolute Gasteiger partial charge is 0.678 e. The monoisotopic (exact) mass is 2250 g/mol. The van der Waals surface area contributed by atoms with Crippen molar-refractivity contribution in [1.29, 1.82) is 0 Å². The summed E-state index contributed by atoms with van der Waals surface area (Å²) in [5, 5.41) is 49.7. The molecule has 6 aromatic carbocycles. The van der Waals surface area contributed by atoms with Crippen molar-refractivity contribution in [2.75, 3.05) is 60.9 Å². The standard InChI is InChI=1S/2C18H20I4N2O2.C10H20.C8H18N2.2C7H7.3CH3.Ti.Zr/c2*1-23(9-11-5-13(19)7-15(21)17(11)25)3-4-24(2)10-12-6-14(20)8-16(22)18(12)26;1-6-7(2)9(4)10(5)8(6)3;1-6-9-7(2)10-8(3,4)5;2*1-7-5-3-2-4-6-7;;;;;/h2*5-8,25-26H,3-4,9-10H2,1-2H3;6-10H,1-5H3;7H,6H2,1-5H3;2*2-6H,1H2;3*1H3;;/q;;;-2;5*-1;+4;. The first kappa shape index (κ1) is 98.8. The summed E-state index contributed by atoms with van der Waals surface area (Å²) in [6, 6.07) is 35.8. The third-order valence-corrected chi connectivity index (χ3v) is 20.6. The van der Waals surface area contributed by atoms with Crippen molar-refractivity contribution in [3.63, 3.8) is 0 Å². The van der Waals surface area contributed by atoms with E-state index < -0.39 is 0 Å². The number of aromatic hydroxyl groups is 4. The van der Waals surface area contributed by atoms with E-state index in [1.807, 2.05) is 123 Å². The third kappa shape index (κ3) is 39.9. The van der Waals surface area contributed by atoms with Gasteiger partial charge in [0.2, 0.25) is 0 Å². The van der Waals surface area contributed by atoms with E-state index in [1.165, 1.54) is 0 Å². The van der Waals surface area contributed by atoms with Crippen LogP contribution in [0.3, 0.4) is 0 Å². The minimum absolute atomic E-state index is 0. The number of hydrogen-bond donors (Lipinski definition) is 4. The Hall–Kier alpha value is 1.46. The molecule has 1 fully saturated rings. The Morgan fingerprint density at radius 2 is 0.648 bits per heavy atom. The van der Waals surface area contributed by atoms with Crippen molar-refractivity contribution >= 4 is 181 Å². The Balaban J connectivity index is -0.000000536. The molecule has 1 unspecified atom stereocenters. The van der Waals surface area contributed by atoms with Gasteiger partial charge in [0.25, 0.3) is 0 Å². The van der Waals surface area contributed by atoms with E-state index in [1.54, 1.807) is 0 Å². The van der Waals surface area contributed by atoms with Gasteiger partial charge in [-0.05, 0) is 287 Å². The number of nitrogens with zero attached hydrogens (tertiary/aromatic N) is 6. The van der Waals surface area contributed by atoms with Gasteiger partial charge in [0.05, 0.1) is 14.3 Å².